The molecule has 0 aromatic heterocycles. The van der Waals surface area contributed by atoms with E-state index < -0.39 is 5.97 Å². The maximum absolute atomic E-state index is 11.5. The highest BCUT2D eigenvalue weighted by atomic mass is 16.5. The minimum absolute atomic E-state index is 0.0743. The molecule has 1 aliphatic rings. The Bertz CT molecular complexity index is 278. The standard InChI is InChI=1S/C12H23N3O3/c1-3-18-11(16)8-13-12(17)14-10(2)9-15-6-4-5-7-15/h10H,3-9H2,1-2H3,(H2,13,14,17). The number of rotatable bonds is 6. The summed E-state index contributed by atoms with van der Waals surface area (Å²) in [6, 6.07) is -0.250. The second-order valence-electron chi connectivity index (χ2n) is 4.54. The van der Waals surface area contributed by atoms with Gasteiger partial charge in [0.2, 0.25) is 0 Å². The van der Waals surface area contributed by atoms with E-state index in [9.17, 15) is 9.59 Å². The summed E-state index contributed by atoms with van der Waals surface area (Å²) in [5, 5.41) is 5.28. The van der Waals surface area contributed by atoms with E-state index in [0.717, 1.165) is 19.6 Å². The Morgan fingerprint density at radius 1 is 1.33 bits per heavy atom. The Kier molecular flexibility index (Phi) is 6.49. The zero-order valence-corrected chi connectivity index (χ0v) is 11.2. The van der Waals surface area contributed by atoms with Gasteiger partial charge in [-0.2, -0.15) is 0 Å². The van der Waals surface area contributed by atoms with Crippen LogP contribution in [0, 0.1) is 0 Å². The molecular weight excluding hydrogens is 234 g/mol. The first kappa shape index (κ1) is 14.8. The average molecular weight is 257 g/mol. The molecule has 0 saturated carbocycles. The minimum atomic E-state index is -0.417. The molecule has 1 fully saturated rings. The van der Waals surface area contributed by atoms with Crippen LogP contribution in [0.3, 0.4) is 0 Å². The predicted octanol–water partition coefficient (Wildman–Crippen LogP) is 0.333. The lowest BCUT2D eigenvalue weighted by Crippen LogP contribution is -2.46. The summed E-state index contributed by atoms with van der Waals surface area (Å²) in [6.45, 7) is 7.00. The quantitative estimate of drug-likeness (QED) is 0.673. The maximum atomic E-state index is 11.5. The van der Waals surface area contributed by atoms with Crippen molar-refractivity contribution in [1.29, 1.82) is 0 Å². The van der Waals surface area contributed by atoms with Crippen LogP contribution in [-0.2, 0) is 9.53 Å². The predicted molar refractivity (Wildman–Crippen MR) is 68.3 cm³/mol. The Labute approximate surface area is 108 Å². The number of hydrogen-bond acceptors (Lipinski definition) is 4. The van der Waals surface area contributed by atoms with E-state index in [1.165, 1.54) is 12.8 Å². The number of amides is 2. The van der Waals surface area contributed by atoms with Crippen LogP contribution in [-0.4, -0.2) is 55.7 Å². The lowest BCUT2D eigenvalue weighted by atomic mass is 10.3. The highest BCUT2D eigenvalue weighted by Crippen LogP contribution is 2.07. The molecule has 0 aromatic carbocycles. The number of carbonyl (C=O) groups is 2. The topological polar surface area (TPSA) is 70.7 Å². The summed E-state index contributed by atoms with van der Waals surface area (Å²) in [5.41, 5.74) is 0. The van der Waals surface area contributed by atoms with E-state index >= 15 is 0 Å². The van der Waals surface area contributed by atoms with Crippen molar-refractivity contribution in [3.63, 3.8) is 0 Å². The molecule has 1 atom stereocenters. The molecule has 0 bridgehead atoms. The molecule has 1 heterocycles. The van der Waals surface area contributed by atoms with Gasteiger partial charge in [-0.15, -0.1) is 0 Å². The van der Waals surface area contributed by atoms with Crippen molar-refractivity contribution < 1.29 is 14.3 Å². The van der Waals surface area contributed by atoms with E-state index in [2.05, 4.69) is 15.5 Å². The number of urea groups is 1. The van der Waals surface area contributed by atoms with Crippen molar-refractivity contribution in [3.05, 3.63) is 0 Å². The number of nitrogens with one attached hydrogen (secondary N) is 2. The zero-order valence-electron chi connectivity index (χ0n) is 11.2. The van der Waals surface area contributed by atoms with Crippen LogP contribution in [0.15, 0.2) is 0 Å². The van der Waals surface area contributed by atoms with Crippen LogP contribution in [0.25, 0.3) is 0 Å². The number of ether oxygens (including phenoxy) is 1. The average Bonchev–Trinajstić information content (AvgIpc) is 2.79. The van der Waals surface area contributed by atoms with Crippen molar-refractivity contribution in [1.82, 2.24) is 15.5 Å². The second-order valence-corrected chi connectivity index (χ2v) is 4.54. The lowest BCUT2D eigenvalue weighted by molar-refractivity contribution is -0.141. The van der Waals surface area contributed by atoms with Crippen LogP contribution >= 0.6 is 0 Å². The number of carbonyl (C=O) groups excluding carboxylic acids is 2. The fourth-order valence-electron chi connectivity index (χ4n) is 2.04. The van der Waals surface area contributed by atoms with Crippen molar-refractivity contribution in [3.8, 4) is 0 Å². The fraction of sp³-hybridized carbons (Fsp3) is 0.833. The lowest BCUT2D eigenvalue weighted by Gasteiger charge is -2.21. The van der Waals surface area contributed by atoms with Gasteiger partial charge < -0.3 is 20.3 Å². The third kappa shape index (κ3) is 5.86. The molecule has 0 spiro atoms. The van der Waals surface area contributed by atoms with Gasteiger partial charge in [0.1, 0.15) is 6.54 Å². The molecule has 104 valence electrons. The Morgan fingerprint density at radius 3 is 2.61 bits per heavy atom. The van der Waals surface area contributed by atoms with Crippen LogP contribution < -0.4 is 10.6 Å². The highest BCUT2D eigenvalue weighted by molar-refractivity contribution is 5.80. The van der Waals surface area contributed by atoms with Crippen LogP contribution in [0.2, 0.25) is 0 Å². The second kappa shape index (κ2) is 7.92. The molecule has 2 amide bonds. The van der Waals surface area contributed by atoms with Gasteiger partial charge in [-0.3, -0.25) is 4.79 Å². The molecule has 6 nitrogen and oxygen atoms in total. The van der Waals surface area contributed by atoms with Gasteiger partial charge in [-0.1, -0.05) is 0 Å². The first-order valence-electron chi connectivity index (χ1n) is 6.54. The highest BCUT2D eigenvalue weighted by Gasteiger charge is 2.16. The SMILES string of the molecule is CCOC(=O)CNC(=O)NC(C)CN1CCCC1. The molecule has 2 N–H and O–H groups in total. The van der Waals surface area contributed by atoms with Crippen molar-refractivity contribution in [2.45, 2.75) is 32.7 Å². The summed E-state index contributed by atoms with van der Waals surface area (Å²) < 4.78 is 4.72. The van der Waals surface area contributed by atoms with Gasteiger partial charge in [0.05, 0.1) is 6.61 Å². The molecule has 6 heteroatoms. The van der Waals surface area contributed by atoms with Gasteiger partial charge in [0.15, 0.2) is 0 Å². The van der Waals surface area contributed by atoms with Crippen LogP contribution in [0.1, 0.15) is 26.7 Å². The number of esters is 1. The summed E-state index contributed by atoms with van der Waals surface area (Å²) in [7, 11) is 0. The van der Waals surface area contributed by atoms with Gasteiger partial charge in [0, 0.05) is 12.6 Å². The largest absolute Gasteiger partial charge is 0.465 e. The summed E-state index contributed by atoms with van der Waals surface area (Å²) in [6.07, 6.45) is 2.48. The minimum Gasteiger partial charge on any atom is -0.465 e. The van der Waals surface area contributed by atoms with E-state index in [1.54, 1.807) is 6.92 Å². The Hall–Kier alpha value is -1.30. The zero-order chi connectivity index (χ0) is 13.4. The van der Waals surface area contributed by atoms with Gasteiger partial charge in [-0.05, 0) is 39.8 Å². The Morgan fingerprint density at radius 2 is 2.00 bits per heavy atom. The van der Waals surface area contributed by atoms with Gasteiger partial charge in [0.25, 0.3) is 0 Å². The molecule has 1 rings (SSSR count). The van der Waals surface area contributed by atoms with E-state index in [-0.39, 0.29) is 18.6 Å². The monoisotopic (exact) mass is 257 g/mol. The fourth-order valence-corrected chi connectivity index (χ4v) is 2.04. The molecule has 18 heavy (non-hydrogen) atoms. The molecule has 0 aromatic rings. The third-order valence-corrected chi connectivity index (χ3v) is 2.81. The van der Waals surface area contributed by atoms with Gasteiger partial charge >= 0.3 is 12.0 Å². The first-order chi connectivity index (χ1) is 8.61. The van der Waals surface area contributed by atoms with E-state index in [1.807, 2.05) is 6.92 Å². The van der Waals surface area contributed by atoms with Crippen molar-refractivity contribution in [2.75, 3.05) is 32.8 Å². The number of nitrogens with zero attached hydrogens (tertiary/aromatic N) is 1. The summed E-state index contributed by atoms with van der Waals surface area (Å²) in [4.78, 5) is 24.9. The van der Waals surface area contributed by atoms with Crippen molar-refractivity contribution >= 4 is 12.0 Å². The van der Waals surface area contributed by atoms with Crippen LogP contribution in [0.5, 0.6) is 0 Å². The smallest absolute Gasteiger partial charge is 0.325 e. The third-order valence-electron chi connectivity index (χ3n) is 2.81. The van der Waals surface area contributed by atoms with Crippen LogP contribution in [0.4, 0.5) is 4.79 Å². The normalized spacial score (nSPS) is 17.2. The molecule has 1 unspecified atom stereocenters. The molecule has 0 aliphatic carbocycles. The van der Waals surface area contributed by atoms with Crippen molar-refractivity contribution in [2.24, 2.45) is 0 Å². The number of likely N-dealkylation sites (tertiary alicyclic amines) is 1. The summed E-state index contributed by atoms with van der Waals surface area (Å²) in [5.74, 6) is -0.417. The number of hydrogen-bond donors (Lipinski definition) is 2. The van der Waals surface area contributed by atoms with E-state index in [4.69, 9.17) is 4.74 Å². The Balaban J connectivity index is 2.12. The first-order valence-corrected chi connectivity index (χ1v) is 6.54. The van der Waals surface area contributed by atoms with Gasteiger partial charge in [-0.25, -0.2) is 4.79 Å². The van der Waals surface area contributed by atoms with E-state index in [0.29, 0.717) is 6.61 Å². The molecule has 1 aliphatic heterocycles. The maximum Gasteiger partial charge on any atom is 0.325 e. The summed E-state index contributed by atoms with van der Waals surface area (Å²) >= 11 is 0. The molecular formula is C12H23N3O3. The molecule has 0 radical (unpaired) electrons. The molecule has 1 saturated heterocycles.